The number of rotatable bonds is 7. The Balaban J connectivity index is 1.62. The third-order valence-corrected chi connectivity index (χ3v) is 6.63. The van der Waals surface area contributed by atoms with Crippen molar-refractivity contribution in [3.05, 3.63) is 47.0 Å². The van der Waals surface area contributed by atoms with Gasteiger partial charge in [0.2, 0.25) is 6.29 Å². The maximum atomic E-state index is 11.3. The molecule has 0 spiro atoms. The highest BCUT2D eigenvalue weighted by Gasteiger charge is 2.48. The number of benzene rings is 2. The predicted molar refractivity (Wildman–Crippen MR) is 124 cm³/mol. The van der Waals surface area contributed by atoms with Crippen molar-refractivity contribution < 1.29 is 66.8 Å². The standard InChI is InChI=1S/C23H26O14S/c1-2-9-3-4-10(5-15(9)37-38(31,32)33)20-14(25)8-12-13(24)6-11(7-16(12)35-20)34-23-19(28)17(26)18(27)21(36-23)22(29)30/h3-7,14,17-21,23-28H,2,8H2,1H3,(H,29,30)(H,31,32,33). The van der Waals surface area contributed by atoms with Gasteiger partial charge in [-0.1, -0.05) is 19.1 Å². The first-order valence-electron chi connectivity index (χ1n) is 11.4. The van der Waals surface area contributed by atoms with Crippen molar-refractivity contribution in [2.45, 2.75) is 62.7 Å². The molecular formula is C23H26O14S. The van der Waals surface area contributed by atoms with E-state index >= 15 is 0 Å². The summed E-state index contributed by atoms with van der Waals surface area (Å²) < 4.78 is 52.7. The van der Waals surface area contributed by atoms with E-state index in [-0.39, 0.29) is 40.5 Å². The SMILES string of the molecule is CCc1ccc(C2Oc3cc(OC4OC(C(=O)O)C(O)C(O)C4O)cc(O)c3CC2O)cc1OS(=O)(=O)O. The van der Waals surface area contributed by atoms with E-state index in [9.17, 15) is 43.9 Å². The third kappa shape index (κ3) is 5.63. The summed E-state index contributed by atoms with van der Waals surface area (Å²) in [6, 6.07) is 6.77. The molecule has 14 nitrogen and oxygen atoms in total. The fourth-order valence-electron chi connectivity index (χ4n) is 4.32. The topological polar surface area (TPSA) is 230 Å². The van der Waals surface area contributed by atoms with Gasteiger partial charge in [0.25, 0.3) is 0 Å². The summed E-state index contributed by atoms with van der Waals surface area (Å²) in [5.74, 6) is -2.26. The lowest BCUT2D eigenvalue weighted by Gasteiger charge is -2.38. The molecule has 2 aromatic carbocycles. The summed E-state index contributed by atoms with van der Waals surface area (Å²) in [5, 5.41) is 60.4. The molecule has 0 aromatic heterocycles. The molecule has 15 heteroatoms. The van der Waals surface area contributed by atoms with Crippen LogP contribution in [0.3, 0.4) is 0 Å². The Bertz CT molecular complexity index is 1310. The number of carboxylic acids is 1. The molecule has 208 valence electrons. The smallest absolute Gasteiger partial charge is 0.446 e. The molecule has 7 atom stereocenters. The first kappa shape index (κ1) is 27.8. The molecular weight excluding hydrogens is 532 g/mol. The summed E-state index contributed by atoms with van der Waals surface area (Å²) in [6.07, 6.45) is -11.3. The molecule has 7 unspecified atom stereocenters. The summed E-state index contributed by atoms with van der Waals surface area (Å²) >= 11 is 0. The van der Waals surface area contributed by atoms with Crippen molar-refractivity contribution in [2.24, 2.45) is 0 Å². The first-order valence-corrected chi connectivity index (χ1v) is 12.7. The Labute approximate surface area is 216 Å². The number of hydrogen-bond acceptors (Lipinski definition) is 12. The summed E-state index contributed by atoms with van der Waals surface area (Å²) in [7, 11) is -4.82. The summed E-state index contributed by atoms with van der Waals surface area (Å²) in [6.45, 7) is 1.74. The van der Waals surface area contributed by atoms with E-state index in [2.05, 4.69) is 4.18 Å². The fraction of sp³-hybridized carbons (Fsp3) is 0.435. The average molecular weight is 559 g/mol. The Morgan fingerprint density at radius 2 is 1.79 bits per heavy atom. The molecule has 1 saturated heterocycles. The molecule has 38 heavy (non-hydrogen) atoms. The van der Waals surface area contributed by atoms with Crippen LogP contribution in [0.25, 0.3) is 0 Å². The lowest BCUT2D eigenvalue weighted by Crippen LogP contribution is -2.61. The van der Waals surface area contributed by atoms with E-state index in [1.165, 1.54) is 12.1 Å². The molecule has 0 aliphatic carbocycles. The number of aliphatic hydroxyl groups excluding tert-OH is 4. The predicted octanol–water partition coefficient (Wildman–Crippen LogP) is -0.556. The number of phenolic OH excluding ortho intramolecular Hbond substituents is 1. The normalized spacial score (nSPS) is 29.2. The monoisotopic (exact) mass is 558 g/mol. The number of carboxylic acid groups (broad SMARTS) is 1. The van der Waals surface area contributed by atoms with Gasteiger partial charge in [0, 0.05) is 24.1 Å². The van der Waals surface area contributed by atoms with Gasteiger partial charge in [0.05, 0.1) is 6.10 Å². The molecule has 2 heterocycles. The van der Waals surface area contributed by atoms with E-state index in [0.717, 1.165) is 6.07 Å². The third-order valence-electron chi connectivity index (χ3n) is 6.24. The number of aromatic hydroxyl groups is 1. The Morgan fingerprint density at radius 1 is 1.08 bits per heavy atom. The molecule has 2 aromatic rings. The molecule has 2 aliphatic heterocycles. The van der Waals surface area contributed by atoms with E-state index in [4.69, 9.17) is 18.8 Å². The van der Waals surface area contributed by atoms with Crippen LogP contribution in [-0.4, -0.2) is 86.4 Å². The summed E-state index contributed by atoms with van der Waals surface area (Å²) in [5.41, 5.74) is 0.949. The van der Waals surface area contributed by atoms with Crippen LogP contribution in [0.15, 0.2) is 30.3 Å². The van der Waals surface area contributed by atoms with Gasteiger partial charge in [-0.3, -0.25) is 4.55 Å². The number of aryl methyl sites for hydroxylation is 1. The van der Waals surface area contributed by atoms with Crippen molar-refractivity contribution >= 4 is 16.4 Å². The van der Waals surface area contributed by atoms with Crippen molar-refractivity contribution in [2.75, 3.05) is 0 Å². The number of carbonyl (C=O) groups is 1. The minimum atomic E-state index is -4.82. The van der Waals surface area contributed by atoms with Gasteiger partial charge in [-0.25, -0.2) is 4.79 Å². The van der Waals surface area contributed by atoms with Crippen molar-refractivity contribution in [3.8, 4) is 23.0 Å². The van der Waals surface area contributed by atoms with Crippen LogP contribution in [0.4, 0.5) is 0 Å². The lowest BCUT2D eigenvalue weighted by atomic mass is 9.93. The Morgan fingerprint density at radius 3 is 2.42 bits per heavy atom. The summed E-state index contributed by atoms with van der Waals surface area (Å²) in [4.78, 5) is 11.3. The molecule has 2 aliphatic rings. The maximum Gasteiger partial charge on any atom is 0.446 e. The van der Waals surface area contributed by atoms with Crippen molar-refractivity contribution in [1.29, 1.82) is 0 Å². The van der Waals surface area contributed by atoms with E-state index in [1.54, 1.807) is 19.1 Å². The zero-order valence-corrected chi connectivity index (χ0v) is 20.6. The number of phenols is 1. The molecule has 4 rings (SSSR count). The van der Waals surface area contributed by atoms with Crippen LogP contribution in [0, 0.1) is 0 Å². The van der Waals surface area contributed by atoms with Crippen molar-refractivity contribution in [3.63, 3.8) is 0 Å². The number of hydrogen-bond donors (Lipinski definition) is 7. The van der Waals surface area contributed by atoms with Gasteiger partial charge >= 0.3 is 16.4 Å². The van der Waals surface area contributed by atoms with E-state index in [0.29, 0.717) is 12.0 Å². The van der Waals surface area contributed by atoms with Gasteiger partial charge < -0.3 is 49.0 Å². The number of aliphatic carboxylic acids is 1. The van der Waals surface area contributed by atoms with E-state index in [1.807, 2.05) is 0 Å². The highest BCUT2D eigenvalue weighted by molar-refractivity contribution is 7.81. The van der Waals surface area contributed by atoms with Crippen molar-refractivity contribution in [1.82, 2.24) is 0 Å². The van der Waals surface area contributed by atoms with Crippen LogP contribution < -0.4 is 13.7 Å². The molecule has 0 radical (unpaired) electrons. The number of fused-ring (bicyclic) bond motifs is 1. The highest BCUT2D eigenvalue weighted by atomic mass is 32.3. The second-order valence-electron chi connectivity index (χ2n) is 8.81. The zero-order chi connectivity index (χ0) is 27.9. The average Bonchev–Trinajstić information content (AvgIpc) is 2.83. The van der Waals surface area contributed by atoms with Gasteiger partial charge in [-0.15, -0.1) is 0 Å². The number of aliphatic hydroxyl groups is 4. The quantitative estimate of drug-likeness (QED) is 0.211. The van der Waals surface area contributed by atoms with Gasteiger partial charge in [0.1, 0.15) is 47.4 Å². The van der Waals surface area contributed by atoms with Gasteiger partial charge in [-0.05, 0) is 23.6 Å². The fourth-order valence-corrected chi connectivity index (χ4v) is 4.70. The van der Waals surface area contributed by atoms with Crippen LogP contribution in [0.2, 0.25) is 0 Å². The second-order valence-corrected chi connectivity index (χ2v) is 9.84. The molecule has 1 fully saturated rings. The van der Waals surface area contributed by atoms with Crippen LogP contribution in [0.5, 0.6) is 23.0 Å². The molecule has 7 N–H and O–H groups in total. The van der Waals surface area contributed by atoms with Gasteiger partial charge in [-0.2, -0.15) is 8.42 Å². The molecule has 0 amide bonds. The van der Waals surface area contributed by atoms with Crippen LogP contribution >= 0.6 is 0 Å². The minimum Gasteiger partial charge on any atom is -0.507 e. The Kier molecular flexibility index (Phi) is 7.72. The van der Waals surface area contributed by atoms with E-state index < -0.39 is 59.3 Å². The maximum absolute atomic E-state index is 11.3. The van der Waals surface area contributed by atoms with Crippen LogP contribution in [0.1, 0.15) is 29.7 Å². The Hall–Kier alpha value is -3.18. The van der Waals surface area contributed by atoms with Crippen LogP contribution in [-0.2, 0) is 32.8 Å². The lowest BCUT2D eigenvalue weighted by molar-refractivity contribution is -0.271. The minimum absolute atomic E-state index is 0.0350. The number of ether oxygens (including phenoxy) is 3. The second kappa shape index (κ2) is 10.5. The zero-order valence-electron chi connectivity index (χ0n) is 19.7. The van der Waals surface area contributed by atoms with Gasteiger partial charge in [0.15, 0.2) is 6.10 Å². The first-order chi connectivity index (χ1) is 17.8. The molecule has 0 bridgehead atoms. The molecule has 0 saturated carbocycles. The largest absolute Gasteiger partial charge is 0.507 e. The highest BCUT2D eigenvalue weighted by Crippen LogP contribution is 2.43.